The fourth-order valence-corrected chi connectivity index (χ4v) is 2.40. The van der Waals surface area contributed by atoms with Gasteiger partial charge in [-0.2, -0.15) is 0 Å². The lowest BCUT2D eigenvalue weighted by Crippen LogP contribution is -2.38. The number of rotatable bonds is 9. The van der Waals surface area contributed by atoms with Gasteiger partial charge in [0.15, 0.2) is 6.10 Å². The van der Waals surface area contributed by atoms with Crippen LogP contribution in [0.25, 0.3) is 0 Å². The number of ether oxygens (including phenoxy) is 3. The molecule has 0 saturated heterocycles. The van der Waals surface area contributed by atoms with Crippen molar-refractivity contribution in [2.24, 2.45) is 0 Å². The van der Waals surface area contributed by atoms with Crippen molar-refractivity contribution in [2.75, 3.05) is 20.8 Å². The van der Waals surface area contributed by atoms with Crippen LogP contribution in [0.5, 0.6) is 17.2 Å². The summed E-state index contributed by atoms with van der Waals surface area (Å²) in [4.78, 5) is 12.3. The van der Waals surface area contributed by atoms with Gasteiger partial charge in [0, 0.05) is 12.6 Å². The van der Waals surface area contributed by atoms with Crippen LogP contribution in [0.4, 0.5) is 0 Å². The van der Waals surface area contributed by atoms with E-state index in [1.807, 2.05) is 49.4 Å². The van der Waals surface area contributed by atoms with Crippen molar-refractivity contribution < 1.29 is 19.0 Å². The number of hydrogen-bond acceptors (Lipinski definition) is 4. The van der Waals surface area contributed by atoms with Crippen LogP contribution in [0.3, 0.4) is 0 Å². The highest BCUT2D eigenvalue weighted by Crippen LogP contribution is 2.20. The van der Waals surface area contributed by atoms with Crippen LogP contribution in [0.2, 0.25) is 0 Å². The summed E-state index contributed by atoms with van der Waals surface area (Å²) in [5.74, 6) is 2.04. The molecule has 0 aromatic heterocycles. The molecule has 0 heterocycles. The first-order valence-corrected chi connectivity index (χ1v) is 8.37. The molecule has 1 N–H and O–H groups in total. The van der Waals surface area contributed by atoms with Crippen LogP contribution < -0.4 is 19.5 Å². The Morgan fingerprint density at radius 3 is 2.32 bits per heavy atom. The summed E-state index contributed by atoms with van der Waals surface area (Å²) in [6.45, 7) is 2.48. The Morgan fingerprint density at radius 1 is 1.00 bits per heavy atom. The first-order valence-electron chi connectivity index (χ1n) is 8.37. The molecule has 1 unspecified atom stereocenters. The zero-order valence-corrected chi connectivity index (χ0v) is 15.0. The van der Waals surface area contributed by atoms with E-state index in [4.69, 9.17) is 14.2 Å². The molecule has 25 heavy (non-hydrogen) atoms. The molecule has 0 fully saturated rings. The minimum Gasteiger partial charge on any atom is -0.497 e. The molecule has 1 atom stereocenters. The molecule has 0 aliphatic rings. The van der Waals surface area contributed by atoms with Crippen LogP contribution in [-0.2, 0) is 11.2 Å². The molecule has 134 valence electrons. The third-order valence-electron chi connectivity index (χ3n) is 3.85. The van der Waals surface area contributed by atoms with Gasteiger partial charge in [0.1, 0.15) is 17.2 Å². The molecule has 0 spiro atoms. The Kier molecular flexibility index (Phi) is 7.14. The number of amides is 1. The van der Waals surface area contributed by atoms with E-state index in [0.717, 1.165) is 17.7 Å². The molecule has 0 aliphatic heterocycles. The summed E-state index contributed by atoms with van der Waals surface area (Å²) in [5.41, 5.74) is 1.14. The molecular weight excluding hydrogens is 318 g/mol. The molecule has 0 bridgehead atoms. The van der Waals surface area contributed by atoms with Gasteiger partial charge in [0.25, 0.3) is 5.91 Å². The number of hydrogen-bond donors (Lipinski definition) is 1. The molecule has 0 radical (unpaired) electrons. The van der Waals surface area contributed by atoms with Crippen molar-refractivity contribution in [3.05, 3.63) is 54.1 Å². The van der Waals surface area contributed by atoms with E-state index >= 15 is 0 Å². The lowest BCUT2D eigenvalue weighted by molar-refractivity contribution is -0.128. The topological polar surface area (TPSA) is 56.8 Å². The maximum absolute atomic E-state index is 12.3. The lowest BCUT2D eigenvalue weighted by Gasteiger charge is -2.17. The van der Waals surface area contributed by atoms with Gasteiger partial charge in [0.2, 0.25) is 0 Å². The number of benzene rings is 2. The zero-order chi connectivity index (χ0) is 18.1. The van der Waals surface area contributed by atoms with Crippen molar-refractivity contribution in [1.29, 1.82) is 0 Å². The van der Waals surface area contributed by atoms with Crippen molar-refractivity contribution in [2.45, 2.75) is 25.9 Å². The molecule has 5 nitrogen and oxygen atoms in total. The Bertz CT molecular complexity index is 670. The lowest BCUT2D eigenvalue weighted by atomic mass is 10.1. The minimum atomic E-state index is -0.525. The van der Waals surface area contributed by atoms with Gasteiger partial charge in [-0.25, -0.2) is 0 Å². The zero-order valence-electron chi connectivity index (χ0n) is 15.0. The normalized spacial score (nSPS) is 11.5. The number of methoxy groups -OCH3 is 2. The molecule has 2 aromatic carbocycles. The Labute approximate surface area is 148 Å². The second-order valence-electron chi connectivity index (χ2n) is 5.58. The third-order valence-corrected chi connectivity index (χ3v) is 3.85. The second-order valence-corrected chi connectivity index (χ2v) is 5.58. The highest BCUT2D eigenvalue weighted by Gasteiger charge is 2.18. The smallest absolute Gasteiger partial charge is 0.261 e. The Hall–Kier alpha value is -2.69. The van der Waals surface area contributed by atoms with Crippen LogP contribution in [0, 0.1) is 0 Å². The number of carbonyl (C=O) groups excluding carboxylic acids is 1. The SMILES string of the molecule is CCC(Oc1cccc(OC)c1)C(=O)NCCc1ccc(OC)cc1. The first-order chi connectivity index (χ1) is 12.2. The molecule has 1 amide bonds. The van der Waals surface area contributed by atoms with Gasteiger partial charge < -0.3 is 19.5 Å². The quantitative estimate of drug-likeness (QED) is 0.759. The van der Waals surface area contributed by atoms with Crippen molar-refractivity contribution in [3.63, 3.8) is 0 Å². The van der Waals surface area contributed by atoms with Gasteiger partial charge in [-0.1, -0.05) is 25.1 Å². The van der Waals surface area contributed by atoms with E-state index in [0.29, 0.717) is 24.5 Å². The first kappa shape index (κ1) is 18.6. The van der Waals surface area contributed by atoms with Gasteiger partial charge in [0.05, 0.1) is 14.2 Å². The van der Waals surface area contributed by atoms with Gasteiger partial charge in [-0.3, -0.25) is 4.79 Å². The van der Waals surface area contributed by atoms with E-state index in [-0.39, 0.29) is 5.91 Å². The maximum Gasteiger partial charge on any atom is 0.261 e. The number of carbonyl (C=O) groups is 1. The monoisotopic (exact) mass is 343 g/mol. The van der Waals surface area contributed by atoms with E-state index in [1.54, 1.807) is 20.3 Å². The summed E-state index contributed by atoms with van der Waals surface area (Å²) in [6, 6.07) is 15.1. The van der Waals surface area contributed by atoms with Crippen LogP contribution in [0.15, 0.2) is 48.5 Å². The Morgan fingerprint density at radius 2 is 1.68 bits per heavy atom. The standard InChI is InChI=1S/C20H25NO4/c1-4-19(25-18-7-5-6-17(14-18)24-3)20(22)21-13-12-15-8-10-16(23-2)11-9-15/h5-11,14,19H,4,12-13H2,1-3H3,(H,21,22). The van der Waals surface area contributed by atoms with Gasteiger partial charge in [-0.05, 0) is 42.7 Å². The Balaban J connectivity index is 1.84. The summed E-state index contributed by atoms with van der Waals surface area (Å²) in [7, 11) is 3.24. The highest BCUT2D eigenvalue weighted by molar-refractivity contribution is 5.81. The van der Waals surface area contributed by atoms with Gasteiger partial charge in [-0.15, -0.1) is 0 Å². The molecule has 2 rings (SSSR count). The minimum absolute atomic E-state index is 0.112. The molecular formula is C20H25NO4. The van der Waals surface area contributed by atoms with Crippen molar-refractivity contribution >= 4 is 5.91 Å². The van der Waals surface area contributed by atoms with Crippen molar-refractivity contribution in [3.8, 4) is 17.2 Å². The molecule has 5 heteroatoms. The van der Waals surface area contributed by atoms with E-state index < -0.39 is 6.10 Å². The second kappa shape index (κ2) is 9.57. The third kappa shape index (κ3) is 5.71. The van der Waals surface area contributed by atoms with E-state index in [2.05, 4.69) is 5.32 Å². The summed E-state index contributed by atoms with van der Waals surface area (Å²) >= 11 is 0. The van der Waals surface area contributed by atoms with Crippen LogP contribution in [0.1, 0.15) is 18.9 Å². The predicted octanol–water partition coefficient (Wildman–Crippen LogP) is 3.22. The average Bonchev–Trinajstić information content (AvgIpc) is 2.66. The summed E-state index contributed by atoms with van der Waals surface area (Å²) < 4.78 is 16.1. The maximum atomic E-state index is 12.3. The van der Waals surface area contributed by atoms with Crippen LogP contribution in [-0.4, -0.2) is 32.8 Å². The largest absolute Gasteiger partial charge is 0.497 e. The van der Waals surface area contributed by atoms with Crippen LogP contribution >= 0.6 is 0 Å². The number of nitrogens with one attached hydrogen (secondary N) is 1. The summed E-state index contributed by atoms with van der Waals surface area (Å²) in [6.07, 6.45) is 0.819. The average molecular weight is 343 g/mol. The van der Waals surface area contributed by atoms with E-state index in [1.165, 1.54) is 0 Å². The van der Waals surface area contributed by atoms with Gasteiger partial charge >= 0.3 is 0 Å². The fraction of sp³-hybridized carbons (Fsp3) is 0.350. The molecule has 0 saturated carbocycles. The predicted molar refractivity (Wildman–Crippen MR) is 97.4 cm³/mol. The summed E-state index contributed by atoms with van der Waals surface area (Å²) in [5, 5.41) is 2.93. The highest BCUT2D eigenvalue weighted by atomic mass is 16.5. The fourth-order valence-electron chi connectivity index (χ4n) is 2.40. The molecule has 2 aromatic rings. The van der Waals surface area contributed by atoms with E-state index in [9.17, 15) is 4.79 Å². The molecule has 0 aliphatic carbocycles. The van der Waals surface area contributed by atoms with Crippen molar-refractivity contribution in [1.82, 2.24) is 5.32 Å².